The Bertz CT molecular complexity index is 1420. The minimum absolute atomic E-state index is 0.0121. The van der Waals surface area contributed by atoms with Gasteiger partial charge in [-0.2, -0.15) is 0 Å². The number of benzene rings is 1. The number of ether oxygens (including phenoxy) is 1. The lowest BCUT2D eigenvalue weighted by atomic mass is 9.76. The Balaban J connectivity index is 1.28. The summed E-state index contributed by atoms with van der Waals surface area (Å²) in [4.78, 5) is 53.3. The number of hydrogen-bond donors (Lipinski definition) is 3. The van der Waals surface area contributed by atoms with E-state index < -0.39 is 48.0 Å². The number of carbonyl (C=O) groups is 4. The third-order valence-corrected chi connectivity index (χ3v) is 9.83. The Labute approximate surface area is 267 Å². The van der Waals surface area contributed by atoms with Gasteiger partial charge in [-0.3, -0.25) is 9.59 Å². The van der Waals surface area contributed by atoms with Gasteiger partial charge in [0.15, 0.2) is 0 Å². The number of hydrogen-bond acceptors (Lipinski definition) is 6. The molecule has 3 N–H and O–H groups in total. The first-order chi connectivity index (χ1) is 21.8. The van der Waals surface area contributed by atoms with Gasteiger partial charge in [0.2, 0.25) is 17.6 Å². The molecular weight excluding hydrogens is 600 g/mol. The van der Waals surface area contributed by atoms with E-state index >= 15 is 0 Å². The molecule has 0 bridgehead atoms. The predicted octanol–water partition coefficient (Wildman–Crippen LogP) is 6.83. The minimum Gasteiger partial charge on any atom is -0.475 e. The number of furan rings is 1. The highest BCUT2D eigenvalue weighted by Gasteiger charge is 2.47. The van der Waals surface area contributed by atoms with Crippen molar-refractivity contribution in [1.82, 2.24) is 10.2 Å². The Morgan fingerprint density at radius 2 is 1.67 bits per heavy atom. The van der Waals surface area contributed by atoms with Crippen LogP contribution in [0.5, 0.6) is 0 Å². The SMILES string of the molecule is CC(C)(C)OC(=O)N[C@H](C(F)F)C1CCC(C(=O)N2CC[C@@H](C3CCCCC3)[C@@H]2C(=O)Nc2ccc3oc(C(=O)O)cc3c2)CC1. The van der Waals surface area contributed by atoms with Gasteiger partial charge < -0.3 is 29.8 Å². The number of carboxylic acid groups (broad SMARTS) is 1. The number of nitrogens with one attached hydrogen (secondary N) is 2. The molecule has 2 heterocycles. The summed E-state index contributed by atoms with van der Waals surface area (Å²) in [6.07, 6.45) is 3.93. The van der Waals surface area contributed by atoms with Gasteiger partial charge in [-0.25, -0.2) is 18.4 Å². The highest BCUT2D eigenvalue weighted by molar-refractivity contribution is 6.00. The van der Waals surface area contributed by atoms with E-state index in [0.717, 1.165) is 38.5 Å². The standard InChI is InChI=1S/C34H45F2N3O7/c1-34(2,3)46-33(44)38-27(29(35)36)20-9-11-21(12-10-20)31(41)39-16-15-24(19-7-5-4-6-8-19)28(39)30(40)37-23-13-14-25-22(17-23)18-26(45-25)32(42)43/h13-14,17-21,24,27-29H,4-12,15-16H2,1-3H3,(H,37,40)(H,38,44)(H,42,43)/t20?,21?,24-,27-,28+/m0/s1. The fourth-order valence-corrected chi connectivity index (χ4v) is 7.69. The van der Waals surface area contributed by atoms with Crippen LogP contribution in [-0.2, 0) is 14.3 Å². The highest BCUT2D eigenvalue weighted by Crippen LogP contribution is 2.42. The largest absolute Gasteiger partial charge is 0.475 e. The quantitative estimate of drug-likeness (QED) is 0.286. The smallest absolute Gasteiger partial charge is 0.408 e. The molecule has 5 rings (SSSR count). The molecule has 2 saturated carbocycles. The molecule has 0 radical (unpaired) electrons. The zero-order chi connectivity index (χ0) is 33.2. The Hall–Kier alpha value is -3.70. The van der Waals surface area contributed by atoms with Gasteiger partial charge >= 0.3 is 12.1 Å². The number of likely N-dealkylation sites (tertiary alicyclic amines) is 1. The molecule has 0 unspecified atom stereocenters. The monoisotopic (exact) mass is 645 g/mol. The van der Waals surface area contributed by atoms with E-state index in [9.17, 15) is 33.1 Å². The first-order valence-electron chi connectivity index (χ1n) is 16.5. The molecule has 0 spiro atoms. The maximum absolute atomic E-state index is 14.0. The molecule has 1 aromatic heterocycles. The summed E-state index contributed by atoms with van der Waals surface area (Å²) in [6, 6.07) is 4.29. The number of aromatic carboxylic acids is 1. The van der Waals surface area contributed by atoms with Crippen molar-refractivity contribution < 1.29 is 42.2 Å². The Morgan fingerprint density at radius 1 is 0.978 bits per heavy atom. The lowest BCUT2D eigenvalue weighted by molar-refractivity contribution is -0.142. The van der Waals surface area contributed by atoms with Crippen molar-refractivity contribution in [3.8, 4) is 0 Å². The summed E-state index contributed by atoms with van der Waals surface area (Å²) >= 11 is 0. The normalized spacial score (nSPS) is 25.0. The van der Waals surface area contributed by atoms with Crippen LogP contribution in [0.3, 0.4) is 0 Å². The van der Waals surface area contributed by atoms with Crippen LogP contribution in [-0.4, -0.2) is 64.5 Å². The van der Waals surface area contributed by atoms with Crippen LogP contribution in [0.25, 0.3) is 11.0 Å². The molecule has 2 aliphatic carbocycles. The molecule has 10 nitrogen and oxygen atoms in total. The highest BCUT2D eigenvalue weighted by atomic mass is 19.3. The maximum Gasteiger partial charge on any atom is 0.408 e. The van der Waals surface area contributed by atoms with Gasteiger partial charge in [-0.05, 0) is 94.9 Å². The molecular formula is C34H45F2N3O7. The van der Waals surface area contributed by atoms with E-state index in [1.54, 1.807) is 43.9 Å². The third kappa shape index (κ3) is 7.81. The van der Waals surface area contributed by atoms with Crippen LogP contribution < -0.4 is 10.6 Å². The molecule has 1 aliphatic heterocycles. The van der Waals surface area contributed by atoms with Gasteiger partial charge in [0.25, 0.3) is 6.43 Å². The van der Waals surface area contributed by atoms with Crippen LogP contribution >= 0.6 is 0 Å². The third-order valence-electron chi connectivity index (χ3n) is 9.83. The summed E-state index contributed by atoms with van der Waals surface area (Å²) in [6.45, 7) is 5.46. The number of carbonyl (C=O) groups excluding carboxylic acids is 3. The second-order valence-corrected chi connectivity index (χ2v) is 14.1. The summed E-state index contributed by atoms with van der Waals surface area (Å²) in [5.74, 6) is -2.33. The number of nitrogens with zero attached hydrogens (tertiary/aromatic N) is 1. The van der Waals surface area contributed by atoms with Crippen molar-refractivity contribution in [2.45, 2.75) is 109 Å². The number of alkyl halides is 2. The fourth-order valence-electron chi connectivity index (χ4n) is 7.69. The summed E-state index contributed by atoms with van der Waals surface area (Å²) in [5, 5.41) is 15.1. The fraction of sp³-hybridized carbons (Fsp3) is 0.647. The molecule has 3 fully saturated rings. The molecule has 2 aromatic rings. The van der Waals surface area contributed by atoms with Gasteiger partial charge in [-0.15, -0.1) is 0 Å². The number of amides is 3. The molecule has 12 heteroatoms. The maximum atomic E-state index is 14.0. The van der Waals surface area contributed by atoms with Crippen LogP contribution in [0.1, 0.15) is 95.5 Å². The lowest BCUT2D eigenvalue weighted by Gasteiger charge is -2.37. The van der Waals surface area contributed by atoms with Gasteiger partial charge in [-0.1, -0.05) is 32.1 Å². The van der Waals surface area contributed by atoms with E-state index in [1.807, 2.05) is 0 Å². The Kier molecular flexibility index (Phi) is 10.2. The molecule has 3 amide bonds. The van der Waals surface area contributed by atoms with Crippen LogP contribution in [0.15, 0.2) is 28.7 Å². The Morgan fingerprint density at radius 3 is 2.30 bits per heavy atom. The number of halogens is 2. The lowest BCUT2D eigenvalue weighted by Crippen LogP contribution is -2.51. The average molecular weight is 646 g/mol. The second kappa shape index (κ2) is 14.0. The molecule has 3 atom stereocenters. The summed E-state index contributed by atoms with van der Waals surface area (Å²) in [5.41, 5.74) is 0.0530. The van der Waals surface area contributed by atoms with Crippen molar-refractivity contribution in [2.24, 2.45) is 23.7 Å². The van der Waals surface area contributed by atoms with Gasteiger partial charge in [0.1, 0.15) is 17.2 Å². The molecule has 252 valence electrons. The summed E-state index contributed by atoms with van der Waals surface area (Å²) in [7, 11) is 0. The van der Waals surface area contributed by atoms with Crippen molar-refractivity contribution in [1.29, 1.82) is 0 Å². The second-order valence-electron chi connectivity index (χ2n) is 14.1. The summed E-state index contributed by atoms with van der Waals surface area (Å²) < 4.78 is 38.6. The number of fused-ring (bicyclic) bond motifs is 1. The van der Waals surface area contributed by atoms with E-state index in [4.69, 9.17) is 9.15 Å². The van der Waals surface area contributed by atoms with E-state index in [0.29, 0.717) is 54.8 Å². The van der Waals surface area contributed by atoms with E-state index in [1.165, 1.54) is 6.07 Å². The zero-order valence-corrected chi connectivity index (χ0v) is 26.7. The molecule has 1 saturated heterocycles. The topological polar surface area (TPSA) is 138 Å². The van der Waals surface area contributed by atoms with Crippen molar-refractivity contribution in [3.63, 3.8) is 0 Å². The van der Waals surface area contributed by atoms with Gasteiger partial charge in [0.05, 0.1) is 6.04 Å². The van der Waals surface area contributed by atoms with Crippen LogP contribution in [0.4, 0.5) is 19.3 Å². The first-order valence-corrected chi connectivity index (χ1v) is 16.5. The van der Waals surface area contributed by atoms with Gasteiger partial charge in [0, 0.05) is 23.5 Å². The minimum atomic E-state index is -2.77. The van der Waals surface area contributed by atoms with Crippen molar-refractivity contribution in [3.05, 3.63) is 30.0 Å². The van der Waals surface area contributed by atoms with E-state index in [2.05, 4.69) is 10.6 Å². The molecule has 46 heavy (non-hydrogen) atoms. The van der Waals surface area contributed by atoms with E-state index in [-0.39, 0.29) is 23.5 Å². The predicted molar refractivity (Wildman–Crippen MR) is 167 cm³/mol. The number of rotatable bonds is 8. The zero-order valence-electron chi connectivity index (χ0n) is 26.7. The van der Waals surface area contributed by atoms with Crippen LogP contribution in [0.2, 0.25) is 0 Å². The average Bonchev–Trinajstić information content (AvgIpc) is 3.64. The number of alkyl carbamates (subject to hydrolysis) is 1. The number of carboxylic acids is 1. The van der Waals surface area contributed by atoms with Crippen LogP contribution in [0, 0.1) is 23.7 Å². The van der Waals surface area contributed by atoms with Crippen molar-refractivity contribution in [2.75, 3.05) is 11.9 Å². The molecule has 1 aromatic carbocycles. The number of anilines is 1. The first kappa shape index (κ1) is 33.7. The van der Waals surface area contributed by atoms with Crippen molar-refractivity contribution >= 4 is 40.5 Å². The molecule has 3 aliphatic rings.